The summed E-state index contributed by atoms with van der Waals surface area (Å²) in [5, 5.41) is 8.25. The van der Waals surface area contributed by atoms with Gasteiger partial charge in [-0.3, -0.25) is 0 Å². The maximum atomic E-state index is 5.79. The van der Waals surface area contributed by atoms with Gasteiger partial charge in [-0.15, -0.1) is 22.8 Å². The second-order valence-electron chi connectivity index (χ2n) is 4.53. The van der Waals surface area contributed by atoms with Gasteiger partial charge in [-0.25, -0.2) is 4.68 Å². The van der Waals surface area contributed by atoms with E-state index in [0.29, 0.717) is 17.4 Å². The highest BCUT2D eigenvalue weighted by Gasteiger charge is 2.07. The van der Waals surface area contributed by atoms with Gasteiger partial charge < -0.3 is 5.84 Å². The zero-order valence-corrected chi connectivity index (χ0v) is 11.7. The van der Waals surface area contributed by atoms with Crippen molar-refractivity contribution in [3.8, 4) is 11.1 Å². The quantitative estimate of drug-likeness (QED) is 0.573. The molecule has 4 nitrogen and oxygen atoms in total. The van der Waals surface area contributed by atoms with Crippen LogP contribution in [-0.2, 0) is 6.42 Å². The fourth-order valence-corrected chi connectivity index (χ4v) is 2.22. The first kappa shape index (κ1) is 12.7. The Morgan fingerprint density at radius 3 is 2.15 bits per heavy atom. The molecule has 0 bridgehead atoms. The Morgan fingerprint density at radius 1 is 0.900 bits per heavy atom. The van der Waals surface area contributed by atoms with Crippen molar-refractivity contribution in [3.05, 3.63) is 66.0 Å². The first-order chi connectivity index (χ1) is 9.74. The molecule has 0 amide bonds. The zero-order chi connectivity index (χ0) is 13.9. The van der Waals surface area contributed by atoms with Crippen LogP contribution < -0.4 is 5.84 Å². The fraction of sp³-hybridized carbons (Fsp3) is 0.0667. The Bertz CT molecular complexity index is 704. The van der Waals surface area contributed by atoms with E-state index in [1.54, 1.807) is 0 Å². The van der Waals surface area contributed by atoms with Gasteiger partial charge in [0.2, 0.25) is 5.16 Å². The third-order valence-electron chi connectivity index (χ3n) is 3.17. The molecular formula is C15H14N4S. The molecule has 5 heteroatoms. The van der Waals surface area contributed by atoms with Crippen LogP contribution in [0.3, 0.4) is 0 Å². The molecule has 0 radical (unpaired) electrons. The molecule has 0 fully saturated rings. The molecule has 0 aliphatic heterocycles. The highest BCUT2D eigenvalue weighted by atomic mass is 32.1. The van der Waals surface area contributed by atoms with Gasteiger partial charge in [-0.1, -0.05) is 54.6 Å². The fourth-order valence-electron chi connectivity index (χ4n) is 2.06. The van der Waals surface area contributed by atoms with Crippen molar-refractivity contribution in [1.29, 1.82) is 0 Å². The smallest absolute Gasteiger partial charge is 0.206 e. The van der Waals surface area contributed by atoms with E-state index in [1.165, 1.54) is 15.8 Å². The van der Waals surface area contributed by atoms with Crippen LogP contribution in [0.1, 0.15) is 11.4 Å². The second-order valence-corrected chi connectivity index (χ2v) is 4.93. The van der Waals surface area contributed by atoms with Gasteiger partial charge in [0.15, 0.2) is 5.82 Å². The van der Waals surface area contributed by atoms with Gasteiger partial charge in [0, 0.05) is 6.42 Å². The predicted molar refractivity (Wildman–Crippen MR) is 82.1 cm³/mol. The van der Waals surface area contributed by atoms with Gasteiger partial charge in [0.1, 0.15) is 0 Å². The van der Waals surface area contributed by atoms with E-state index in [2.05, 4.69) is 59.2 Å². The van der Waals surface area contributed by atoms with Crippen LogP contribution in [0.25, 0.3) is 11.1 Å². The van der Waals surface area contributed by atoms with E-state index in [9.17, 15) is 0 Å². The summed E-state index contributed by atoms with van der Waals surface area (Å²) in [7, 11) is 0. The van der Waals surface area contributed by atoms with Crippen molar-refractivity contribution < 1.29 is 0 Å². The van der Waals surface area contributed by atoms with E-state index in [1.807, 2.05) is 18.2 Å². The lowest BCUT2D eigenvalue weighted by Crippen LogP contribution is -2.13. The van der Waals surface area contributed by atoms with Crippen molar-refractivity contribution in [1.82, 2.24) is 14.9 Å². The molecular weight excluding hydrogens is 268 g/mol. The van der Waals surface area contributed by atoms with Gasteiger partial charge in [-0.2, -0.15) is 0 Å². The number of rotatable bonds is 3. The topological polar surface area (TPSA) is 56.7 Å². The minimum absolute atomic E-state index is 0.418. The number of hydrogen-bond donors (Lipinski definition) is 2. The minimum Gasteiger partial charge on any atom is -0.336 e. The second kappa shape index (κ2) is 5.38. The van der Waals surface area contributed by atoms with Crippen LogP contribution in [-0.4, -0.2) is 14.9 Å². The highest BCUT2D eigenvalue weighted by Crippen LogP contribution is 2.20. The molecule has 20 heavy (non-hydrogen) atoms. The summed E-state index contributed by atoms with van der Waals surface area (Å²) in [5.74, 6) is 6.48. The first-order valence-corrected chi connectivity index (χ1v) is 6.71. The highest BCUT2D eigenvalue weighted by molar-refractivity contribution is 7.80. The van der Waals surface area contributed by atoms with Crippen molar-refractivity contribution >= 4 is 12.6 Å². The summed E-state index contributed by atoms with van der Waals surface area (Å²) in [6, 6.07) is 18.6. The largest absolute Gasteiger partial charge is 0.336 e. The monoisotopic (exact) mass is 282 g/mol. The van der Waals surface area contributed by atoms with Gasteiger partial charge >= 0.3 is 0 Å². The average molecular weight is 282 g/mol. The minimum atomic E-state index is 0.418. The lowest BCUT2D eigenvalue weighted by Gasteiger charge is -2.04. The Kier molecular flexibility index (Phi) is 3.43. The summed E-state index contributed by atoms with van der Waals surface area (Å²) in [5.41, 5.74) is 3.54. The summed E-state index contributed by atoms with van der Waals surface area (Å²) < 4.78 is 1.40. The van der Waals surface area contributed by atoms with Crippen LogP contribution in [0, 0.1) is 0 Å². The van der Waals surface area contributed by atoms with E-state index in [-0.39, 0.29) is 0 Å². The van der Waals surface area contributed by atoms with E-state index in [0.717, 1.165) is 5.56 Å². The molecule has 2 N–H and O–H groups in total. The van der Waals surface area contributed by atoms with Crippen LogP contribution in [0.5, 0.6) is 0 Å². The number of nitrogens with zero attached hydrogens (tertiary/aromatic N) is 3. The predicted octanol–water partition coefficient (Wildman–Crippen LogP) is 2.54. The third kappa shape index (κ3) is 2.53. The number of benzene rings is 2. The number of hydrogen-bond acceptors (Lipinski definition) is 4. The van der Waals surface area contributed by atoms with Crippen LogP contribution in [0.4, 0.5) is 0 Å². The molecule has 3 aromatic rings. The van der Waals surface area contributed by atoms with Gasteiger partial charge in [-0.05, 0) is 16.7 Å². The Labute approximate surface area is 122 Å². The standard InChI is InChI=1S/C15H14N4S/c16-19-14(17-18-15(19)20)10-11-6-8-13(9-7-11)12-4-2-1-3-5-12/h1-9H,10,16H2,(H,18,20). The molecule has 1 aromatic heterocycles. The molecule has 0 atom stereocenters. The number of nitrogen functional groups attached to an aromatic ring is 1. The van der Waals surface area contributed by atoms with Crippen LogP contribution in [0.2, 0.25) is 0 Å². The molecule has 0 saturated heterocycles. The van der Waals surface area contributed by atoms with E-state index in [4.69, 9.17) is 5.84 Å². The van der Waals surface area contributed by atoms with Crippen molar-refractivity contribution in [3.63, 3.8) is 0 Å². The van der Waals surface area contributed by atoms with Crippen molar-refractivity contribution in [2.75, 3.05) is 5.84 Å². The van der Waals surface area contributed by atoms with Gasteiger partial charge in [0.25, 0.3) is 0 Å². The van der Waals surface area contributed by atoms with E-state index >= 15 is 0 Å². The lowest BCUT2D eigenvalue weighted by atomic mass is 10.0. The molecule has 2 aromatic carbocycles. The summed E-state index contributed by atoms with van der Waals surface area (Å²) in [6.07, 6.45) is 0.638. The molecule has 0 aliphatic rings. The lowest BCUT2D eigenvalue weighted by molar-refractivity contribution is 0.809. The number of nitrogens with two attached hydrogens (primary N) is 1. The molecule has 0 saturated carbocycles. The number of thiol groups is 1. The summed E-state index contributed by atoms with van der Waals surface area (Å²) >= 11 is 4.11. The van der Waals surface area contributed by atoms with Crippen molar-refractivity contribution in [2.45, 2.75) is 11.6 Å². The Morgan fingerprint density at radius 2 is 1.55 bits per heavy atom. The molecule has 0 spiro atoms. The Hall–Kier alpha value is -2.27. The molecule has 3 rings (SSSR count). The van der Waals surface area contributed by atoms with Crippen molar-refractivity contribution in [2.24, 2.45) is 0 Å². The van der Waals surface area contributed by atoms with Crippen LogP contribution >= 0.6 is 12.6 Å². The SMILES string of the molecule is Nn1c(S)nnc1Cc1ccc(-c2ccccc2)cc1. The average Bonchev–Trinajstić information content (AvgIpc) is 2.81. The normalized spacial score (nSPS) is 10.7. The molecule has 100 valence electrons. The third-order valence-corrected chi connectivity index (χ3v) is 3.48. The maximum absolute atomic E-state index is 5.79. The molecule has 0 aliphatic carbocycles. The first-order valence-electron chi connectivity index (χ1n) is 6.27. The summed E-state index contributed by atoms with van der Waals surface area (Å²) in [6.45, 7) is 0. The molecule has 1 heterocycles. The van der Waals surface area contributed by atoms with Crippen LogP contribution in [0.15, 0.2) is 59.8 Å². The van der Waals surface area contributed by atoms with E-state index < -0.39 is 0 Å². The Balaban J connectivity index is 1.82. The van der Waals surface area contributed by atoms with Gasteiger partial charge in [0.05, 0.1) is 0 Å². The summed E-state index contributed by atoms with van der Waals surface area (Å²) in [4.78, 5) is 0. The maximum Gasteiger partial charge on any atom is 0.206 e. The number of aromatic nitrogens is 3. The molecule has 0 unspecified atom stereocenters. The zero-order valence-electron chi connectivity index (χ0n) is 10.8.